The van der Waals surface area contributed by atoms with Crippen molar-refractivity contribution in [2.45, 2.75) is 19.9 Å². The standard InChI is InChI=1S/C6H12N4/c1-4-3-8-5(2)10-6(7)9-4/h4H,3H2,1-2H3,(H3,7,8,9,10). The smallest absolute Gasteiger partial charge is 0.194 e. The van der Waals surface area contributed by atoms with E-state index in [0.717, 1.165) is 12.4 Å². The van der Waals surface area contributed by atoms with Crippen LogP contribution in [0, 0.1) is 0 Å². The molecule has 0 radical (unpaired) electrons. The van der Waals surface area contributed by atoms with E-state index < -0.39 is 0 Å². The molecule has 0 aromatic heterocycles. The number of guanidine groups is 1. The lowest BCUT2D eigenvalue weighted by Gasteiger charge is -1.99. The third kappa shape index (κ3) is 1.72. The van der Waals surface area contributed by atoms with Gasteiger partial charge in [0.1, 0.15) is 0 Å². The minimum absolute atomic E-state index is 0.199. The van der Waals surface area contributed by atoms with Crippen molar-refractivity contribution in [2.24, 2.45) is 15.7 Å². The molecule has 0 spiro atoms. The van der Waals surface area contributed by atoms with Crippen molar-refractivity contribution < 1.29 is 0 Å². The van der Waals surface area contributed by atoms with Crippen LogP contribution in [0.25, 0.3) is 0 Å². The van der Waals surface area contributed by atoms with E-state index in [-0.39, 0.29) is 6.04 Å². The van der Waals surface area contributed by atoms with Crippen molar-refractivity contribution >= 4 is 11.8 Å². The lowest BCUT2D eigenvalue weighted by molar-refractivity contribution is 0.759. The summed E-state index contributed by atoms with van der Waals surface area (Å²) in [5.74, 6) is 1.30. The van der Waals surface area contributed by atoms with Gasteiger partial charge in [0.15, 0.2) is 5.96 Å². The van der Waals surface area contributed by atoms with Crippen LogP contribution in [0.2, 0.25) is 0 Å². The van der Waals surface area contributed by atoms with Gasteiger partial charge in [0.2, 0.25) is 0 Å². The second-order valence-corrected chi connectivity index (χ2v) is 2.41. The third-order valence-electron chi connectivity index (χ3n) is 1.26. The molecule has 0 aromatic rings. The topological polar surface area (TPSA) is 62.8 Å². The van der Waals surface area contributed by atoms with Crippen LogP contribution in [0.5, 0.6) is 0 Å². The van der Waals surface area contributed by atoms with Crippen LogP contribution in [0.1, 0.15) is 13.8 Å². The summed E-state index contributed by atoms with van der Waals surface area (Å²) in [5, 5.41) is 2.85. The average molecular weight is 140 g/mol. The second-order valence-electron chi connectivity index (χ2n) is 2.41. The highest BCUT2D eigenvalue weighted by Gasteiger charge is 2.04. The van der Waals surface area contributed by atoms with Crippen LogP contribution in [-0.4, -0.2) is 24.4 Å². The molecule has 1 aliphatic heterocycles. The number of aliphatic imine (C=N–C) groups is 2. The van der Waals surface area contributed by atoms with Crippen LogP contribution in [0.4, 0.5) is 0 Å². The van der Waals surface area contributed by atoms with Gasteiger partial charge in [-0.1, -0.05) is 0 Å². The van der Waals surface area contributed by atoms with Crippen molar-refractivity contribution in [2.75, 3.05) is 6.54 Å². The summed E-state index contributed by atoms with van der Waals surface area (Å²) in [6.07, 6.45) is 0. The van der Waals surface area contributed by atoms with Crippen molar-refractivity contribution in [3.05, 3.63) is 0 Å². The predicted octanol–water partition coefficient (Wildman–Crippen LogP) is -0.289. The molecule has 0 fully saturated rings. The lowest BCUT2D eigenvalue weighted by Crippen LogP contribution is -2.34. The monoisotopic (exact) mass is 140 g/mol. The Morgan fingerprint density at radius 1 is 1.70 bits per heavy atom. The molecule has 3 N–H and O–H groups in total. The van der Waals surface area contributed by atoms with Gasteiger partial charge in [-0.2, -0.15) is 0 Å². The van der Waals surface area contributed by atoms with E-state index in [2.05, 4.69) is 15.3 Å². The highest BCUT2D eigenvalue weighted by molar-refractivity contribution is 5.98. The first-order chi connectivity index (χ1) is 4.68. The molecule has 10 heavy (non-hydrogen) atoms. The SMILES string of the molecule is CC1=NCC(C)N=C(N)N1. The molecule has 1 atom stereocenters. The van der Waals surface area contributed by atoms with Gasteiger partial charge in [-0.05, 0) is 13.8 Å². The Morgan fingerprint density at radius 3 is 3.10 bits per heavy atom. The maximum Gasteiger partial charge on any atom is 0.194 e. The Morgan fingerprint density at radius 2 is 2.40 bits per heavy atom. The largest absolute Gasteiger partial charge is 0.370 e. The van der Waals surface area contributed by atoms with Gasteiger partial charge in [-0.25, -0.2) is 4.99 Å². The molecule has 0 saturated carbocycles. The Balaban J connectivity index is 2.71. The summed E-state index contributed by atoms with van der Waals surface area (Å²) >= 11 is 0. The van der Waals surface area contributed by atoms with Crippen LogP contribution in [0.3, 0.4) is 0 Å². The van der Waals surface area contributed by atoms with E-state index in [1.807, 2.05) is 13.8 Å². The minimum atomic E-state index is 0.199. The number of rotatable bonds is 0. The zero-order valence-electron chi connectivity index (χ0n) is 6.26. The highest BCUT2D eigenvalue weighted by Crippen LogP contribution is 1.93. The Kier molecular flexibility index (Phi) is 1.89. The quantitative estimate of drug-likeness (QED) is 0.485. The van der Waals surface area contributed by atoms with Crippen molar-refractivity contribution in [3.63, 3.8) is 0 Å². The highest BCUT2D eigenvalue weighted by atomic mass is 15.2. The number of nitrogens with two attached hydrogens (primary N) is 1. The summed E-state index contributed by atoms with van der Waals surface area (Å²) in [4.78, 5) is 8.26. The third-order valence-corrected chi connectivity index (χ3v) is 1.26. The molecule has 1 unspecified atom stereocenters. The van der Waals surface area contributed by atoms with E-state index in [4.69, 9.17) is 5.73 Å². The van der Waals surface area contributed by atoms with Crippen LogP contribution in [0.15, 0.2) is 9.98 Å². The van der Waals surface area contributed by atoms with Gasteiger partial charge in [0.05, 0.1) is 18.4 Å². The molecule has 4 heteroatoms. The second kappa shape index (κ2) is 2.68. The van der Waals surface area contributed by atoms with E-state index in [9.17, 15) is 0 Å². The lowest BCUT2D eigenvalue weighted by atomic mass is 10.4. The molecule has 1 aliphatic rings. The number of nitrogens with zero attached hydrogens (tertiary/aromatic N) is 2. The van der Waals surface area contributed by atoms with Crippen LogP contribution >= 0.6 is 0 Å². The van der Waals surface area contributed by atoms with Gasteiger partial charge in [-0.15, -0.1) is 0 Å². The number of hydrogen-bond donors (Lipinski definition) is 2. The van der Waals surface area contributed by atoms with Crippen LogP contribution < -0.4 is 11.1 Å². The van der Waals surface area contributed by atoms with Gasteiger partial charge in [0.25, 0.3) is 0 Å². The zero-order valence-corrected chi connectivity index (χ0v) is 6.26. The summed E-state index contributed by atoms with van der Waals surface area (Å²) in [6.45, 7) is 4.58. The maximum absolute atomic E-state index is 5.47. The van der Waals surface area contributed by atoms with Crippen LogP contribution in [-0.2, 0) is 0 Å². The fourth-order valence-electron chi connectivity index (χ4n) is 0.804. The summed E-state index contributed by atoms with van der Waals surface area (Å²) in [6, 6.07) is 0.199. The summed E-state index contributed by atoms with van der Waals surface area (Å²) in [5.41, 5.74) is 5.47. The Labute approximate surface area is 60.2 Å². The van der Waals surface area contributed by atoms with Gasteiger partial charge >= 0.3 is 0 Å². The van der Waals surface area contributed by atoms with E-state index in [0.29, 0.717) is 5.96 Å². The molecular weight excluding hydrogens is 128 g/mol. The van der Waals surface area contributed by atoms with Crippen molar-refractivity contribution in [3.8, 4) is 0 Å². The fourth-order valence-corrected chi connectivity index (χ4v) is 0.804. The van der Waals surface area contributed by atoms with Gasteiger partial charge < -0.3 is 11.1 Å². The molecule has 0 saturated heterocycles. The first kappa shape index (κ1) is 7.05. The normalized spacial score (nSPS) is 26.0. The molecule has 0 aromatic carbocycles. The van der Waals surface area contributed by atoms with Crippen molar-refractivity contribution in [1.82, 2.24) is 5.32 Å². The molecular formula is C6H12N4. The molecule has 0 bridgehead atoms. The molecule has 56 valence electrons. The fraction of sp³-hybridized carbons (Fsp3) is 0.667. The van der Waals surface area contributed by atoms with E-state index in [1.165, 1.54) is 0 Å². The first-order valence-corrected chi connectivity index (χ1v) is 3.30. The molecule has 1 rings (SSSR count). The maximum atomic E-state index is 5.47. The van der Waals surface area contributed by atoms with Crippen molar-refractivity contribution in [1.29, 1.82) is 0 Å². The molecule has 0 aliphatic carbocycles. The predicted molar refractivity (Wildman–Crippen MR) is 42.2 cm³/mol. The van der Waals surface area contributed by atoms with Gasteiger partial charge in [-0.3, -0.25) is 4.99 Å². The molecule has 1 heterocycles. The summed E-state index contributed by atoms with van der Waals surface area (Å²) in [7, 11) is 0. The molecule has 4 nitrogen and oxygen atoms in total. The van der Waals surface area contributed by atoms with Gasteiger partial charge in [0, 0.05) is 0 Å². The number of nitrogens with one attached hydrogen (secondary N) is 1. The first-order valence-electron chi connectivity index (χ1n) is 3.30. The summed E-state index contributed by atoms with van der Waals surface area (Å²) < 4.78 is 0. The average Bonchev–Trinajstić information content (AvgIpc) is 1.93. The van der Waals surface area contributed by atoms with E-state index >= 15 is 0 Å². The minimum Gasteiger partial charge on any atom is -0.370 e. The zero-order chi connectivity index (χ0) is 7.56. The Hall–Kier alpha value is -1.06. The number of hydrogen-bond acceptors (Lipinski definition) is 4. The Bertz CT molecular complexity index is 182. The number of amidine groups is 1. The van der Waals surface area contributed by atoms with E-state index in [1.54, 1.807) is 0 Å². The molecule has 0 amide bonds.